The second kappa shape index (κ2) is 7.46. The van der Waals surface area contributed by atoms with Gasteiger partial charge in [-0.05, 0) is 37.0 Å². The van der Waals surface area contributed by atoms with Crippen LogP contribution in [0.25, 0.3) is 11.2 Å². The summed E-state index contributed by atoms with van der Waals surface area (Å²) < 4.78 is 7.78. The van der Waals surface area contributed by atoms with Gasteiger partial charge in [-0.3, -0.25) is 4.57 Å². The van der Waals surface area contributed by atoms with E-state index in [0.717, 1.165) is 30.6 Å². The van der Waals surface area contributed by atoms with Gasteiger partial charge in [0.05, 0.1) is 13.3 Å². The summed E-state index contributed by atoms with van der Waals surface area (Å²) in [6.07, 6.45) is 4.94. The summed E-state index contributed by atoms with van der Waals surface area (Å²) in [4.78, 5) is 36.0. The number of rotatable bonds is 4. The maximum absolute atomic E-state index is 12.8. The number of aromatic nitrogens is 4. The average molecular weight is 381 g/mol. The van der Waals surface area contributed by atoms with Crippen molar-refractivity contribution in [1.29, 1.82) is 0 Å². The molecule has 146 valence electrons. The third-order valence-electron chi connectivity index (χ3n) is 5.20. The van der Waals surface area contributed by atoms with Crippen molar-refractivity contribution in [1.82, 2.24) is 24.0 Å². The monoisotopic (exact) mass is 381 g/mol. The van der Waals surface area contributed by atoms with Crippen LogP contribution in [0.3, 0.4) is 0 Å². The number of aryl methyl sites for hydroxylation is 3. The van der Waals surface area contributed by atoms with E-state index in [1.54, 1.807) is 25.3 Å². The standard InChI is InChI=1S/C20H23N5O3/c1-23-18-16(25(19(23)26)20(27)24-11-3-4-12-24)13-21-17(22-18)10-7-14-5-8-15(28-2)9-6-14/h5-6,8-9,13H,3-4,7,10-12H2,1-2H3. The van der Waals surface area contributed by atoms with E-state index < -0.39 is 0 Å². The topological polar surface area (TPSA) is 82.2 Å². The van der Waals surface area contributed by atoms with Crippen LogP contribution in [0, 0.1) is 0 Å². The van der Waals surface area contributed by atoms with Crippen molar-refractivity contribution in [2.45, 2.75) is 25.7 Å². The maximum atomic E-state index is 12.8. The highest BCUT2D eigenvalue weighted by Gasteiger charge is 2.25. The van der Waals surface area contributed by atoms with Crippen molar-refractivity contribution in [3.8, 4) is 5.75 Å². The molecule has 1 fully saturated rings. The Morgan fingerprint density at radius 3 is 2.54 bits per heavy atom. The lowest BCUT2D eigenvalue weighted by Gasteiger charge is -2.14. The number of nitrogens with zero attached hydrogens (tertiary/aromatic N) is 5. The summed E-state index contributed by atoms with van der Waals surface area (Å²) in [5, 5.41) is 0. The Balaban J connectivity index is 1.59. The van der Waals surface area contributed by atoms with Crippen LogP contribution in [0.4, 0.5) is 4.79 Å². The molecule has 0 spiro atoms. The molecule has 0 N–H and O–H groups in total. The Bertz CT molecular complexity index is 1060. The molecule has 0 saturated carbocycles. The minimum atomic E-state index is -0.381. The van der Waals surface area contributed by atoms with Gasteiger partial charge in [0.25, 0.3) is 0 Å². The third-order valence-corrected chi connectivity index (χ3v) is 5.20. The maximum Gasteiger partial charge on any atom is 0.338 e. The predicted octanol–water partition coefficient (Wildman–Crippen LogP) is 1.99. The van der Waals surface area contributed by atoms with Crippen LogP contribution in [-0.4, -0.2) is 50.2 Å². The van der Waals surface area contributed by atoms with Gasteiger partial charge >= 0.3 is 11.7 Å². The highest BCUT2D eigenvalue weighted by molar-refractivity contribution is 5.87. The summed E-state index contributed by atoms with van der Waals surface area (Å²) >= 11 is 0. The molecule has 8 nitrogen and oxygen atoms in total. The molecule has 1 amide bonds. The number of hydrogen-bond acceptors (Lipinski definition) is 5. The number of amides is 1. The summed E-state index contributed by atoms with van der Waals surface area (Å²) in [6.45, 7) is 1.37. The molecule has 1 aliphatic rings. The molecule has 8 heteroatoms. The van der Waals surface area contributed by atoms with E-state index in [0.29, 0.717) is 36.5 Å². The molecule has 3 heterocycles. The molecule has 2 aromatic heterocycles. The zero-order valence-electron chi connectivity index (χ0n) is 16.1. The first kappa shape index (κ1) is 18.2. The Morgan fingerprint density at radius 1 is 1.14 bits per heavy atom. The molecule has 1 saturated heterocycles. The fourth-order valence-corrected chi connectivity index (χ4v) is 3.55. The van der Waals surface area contributed by atoms with Gasteiger partial charge in [0.1, 0.15) is 17.1 Å². The lowest BCUT2D eigenvalue weighted by atomic mass is 10.1. The van der Waals surface area contributed by atoms with Crippen LogP contribution in [0.1, 0.15) is 24.2 Å². The van der Waals surface area contributed by atoms with Crippen LogP contribution in [-0.2, 0) is 19.9 Å². The molecule has 0 aliphatic carbocycles. The van der Waals surface area contributed by atoms with Gasteiger partial charge in [-0.25, -0.2) is 24.1 Å². The van der Waals surface area contributed by atoms with Crippen LogP contribution < -0.4 is 10.4 Å². The van der Waals surface area contributed by atoms with E-state index in [4.69, 9.17) is 4.74 Å². The van der Waals surface area contributed by atoms with Gasteiger partial charge in [-0.2, -0.15) is 0 Å². The number of hydrogen-bond donors (Lipinski definition) is 0. The average Bonchev–Trinajstić information content (AvgIpc) is 3.34. The number of carbonyl (C=O) groups excluding carboxylic acids is 1. The van der Waals surface area contributed by atoms with E-state index in [2.05, 4.69) is 9.97 Å². The number of ether oxygens (including phenoxy) is 1. The van der Waals surface area contributed by atoms with Crippen LogP contribution >= 0.6 is 0 Å². The predicted molar refractivity (Wildman–Crippen MR) is 105 cm³/mol. The van der Waals surface area contributed by atoms with Crippen molar-refractivity contribution in [2.24, 2.45) is 7.05 Å². The molecule has 1 aromatic carbocycles. The quantitative estimate of drug-likeness (QED) is 0.690. The fraction of sp³-hybridized carbons (Fsp3) is 0.400. The summed E-state index contributed by atoms with van der Waals surface area (Å²) in [5.74, 6) is 1.46. The molecule has 28 heavy (non-hydrogen) atoms. The van der Waals surface area contributed by atoms with Crippen molar-refractivity contribution in [3.63, 3.8) is 0 Å². The fourth-order valence-electron chi connectivity index (χ4n) is 3.55. The number of carbonyl (C=O) groups is 1. The third kappa shape index (κ3) is 3.26. The number of imidazole rings is 1. The van der Waals surface area contributed by atoms with Crippen molar-refractivity contribution >= 4 is 17.2 Å². The van der Waals surface area contributed by atoms with Crippen molar-refractivity contribution in [2.75, 3.05) is 20.2 Å². The van der Waals surface area contributed by atoms with Crippen molar-refractivity contribution in [3.05, 3.63) is 52.3 Å². The lowest BCUT2D eigenvalue weighted by molar-refractivity contribution is 0.210. The van der Waals surface area contributed by atoms with Gasteiger partial charge in [0.15, 0.2) is 5.65 Å². The minimum Gasteiger partial charge on any atom is -0.497 e. The molecule has 0 radical (unpaired) electrons. The SMILES string of the molecule is COc1ccc(CCc2ncc3c(n2)n(C)c(=O)n3C(=O)N2CCCC2)cc1. The molecule has 0 unspecified atom stereocenters. The van der Waals surface area contributed by atoms with Gasteiger partial charge in [-0.1, -0.05) is 12.1 Å². The zero-order valence-corrected chi connectivity index (χ0v) is 16.1. The Labute approximate surface area is 162 Å². The first-order valence-electron chi connectivity index (χ1n) is 9.44. The second-order valence-electron chi connectivity index (χ2n) is 7.00. The van der Waals surface area contributed by atoms with E-state index in [9.17, 15) is 9.59 Å². The first-order valence-corrected chi connectivity index (χ1v) is 9.44. The number of fused-ring (bicyclic) bond motifs is 1. The second-order valence-corrected chi connectivity index (χ2v) is 7.00. The minimum absolute atomic E-state index is 0.289. The van der Waals surface area contributed by atoms with Gasteiger partial charge in [0, 0.05) is 26.6 Å². The Morgan fingerprint density at radius 2 is 1.86 bits per heavy atom. The Hall–Kier alpha value is -3.16. The molecule has 4 rings (SSSR count). The summed E-state index contributed by atoms with van der Waals surface area (Å²) in [7, 11) is 3.28. The smallest absolute Gasteiger partial charge is 0.338 e. The Kier molecular flexibility index (Phi) is 4.85. The van der Waals surface area contributed by atoms with E-state index in [1.165, 1.54) is 9.13 Å². The van der Waals surface area contributed by atoms with E-state index in [1.807, 2.05) is 24.3 Å². The molecule has 1 aliphatic heterocycles. The van der Waals surface area contributed by atoms with Crippen LogP contribution in [0.2, 0.25) is 0 Å². The van der Waals surface area contributed by atoms with Crippen LogP contribution in [0.15, 0.2) is 35.3 Å². The van der Waals surface area contributed by atoms with Gasteiger partial charge in [0.2, 0.25) is 0 Å². The zero-order chi connectivity index (χ0) is 19.7. The molecule has 0 bridgehead atoms. The van der Waals surface area contributed by atoms with Crippen LogP contribution in [0.5, 0.6) is 5.75 Å². The molecular formula is C20H23N5O3. The summed E-state index contributed by atoms with van der Waals surface area (Å²) in [6, 6.07) is 7.58. The number of likely N-dealkylation sites (tertiary alicyclic amines) is 1. The van der Waals surface area contributed by atoms with Crippen molar-refractivity contribution < 1.29 is 9.53 Å². The summed E-state index contributed by atoms with van der Waals surface area (Å²) in [5.41, 5.74) is 1.71. The highest BCUT2D eigenvalue weighted by atomic mass is 16.5. The molecule has 3 aromatic rings. The van der Waals surface area contributed by atoms with Gasteiger partial charge in [-0.15, -0.1) is 0 Å². The van der Waals surface area contributed by atoms with Gasteiger partial charge < -0.3 is 9.64 Å². The van der Waals surface area contributed by atoms with E-state index in [-0.39, 0.29) is 11.7 Å². The largest absolute Gasteiger partial charge is 0.497 e. The molecule has 0 atom stereocenters. The lowest BCUT2D eigenvalue weighted by Crippen LogP contribution is -2.38. The highest BCUT2D eigenvalue weighted by Crippen LogP contribution is 2.16. The number of benzene rings is 1. The van der Waals surface area contributed by atoms with E-state index >= 15 is 0 Å². The molecular weight excluding hydrogens is 358 g/mol. The number of methoxy groups -OCH3 is 1. The normalized spacial score (nSPS) is 14.0. The first-order chi connectivity index (χ1) is 13.6.